The number of nitrogens with zero attached hydrogens (tertiary/aromatic N) is 3. The lowest BCUT2D eigenvalue weighted by Crippen LogP contribution is -2.47. The van der Waals surface area contributed by atoms with Crippen molar-refractivity contribution in [2.75, 3.05) is 58.9 Å². The lowest BCUT2D eigenvalue weighted by atomic mass is 9.85. The van der Waals surface area contributed by atoms with Crippen LogP contribution in [0.25, 0.3) is 0 Å². The molecule has 31 heavy (non-hydrogen) atoms. The molecule has 0 spiro atoms. The van der Waals surface area contributed by atoms with E-state index in [1.54, 1.807) is 12.1 Å². The van der Waals surface area contributed by atoms with Crippen LogP contribution in [0, 0.1) is 11.8 Å². The molecule has 0 saturated carbocycles. The zero-order valence-electron chi connectivity index (χ0n) is 18.6. The minimum absolute atomic E-state index is 0.0853. The number of hydrogen-bond donors (Lipinski definition) is 1. The van der Waals surface area contributed by atoms with Crippen molar-refractivity contribution in [2.45, 2.75) is 37.3 Å². The summed E-state index contributed by atoms with van der Waals surface area (Å²) in [5.41, 5.74) is 0. The van der Waals surface area contributed by atoms with Gasteiger partial charge < -0.3 is 15.1 Å². The molecule has 0 unspecified atom stereocenters. The second-order valence-electron chi connectivity index (χ2n) is 8.51. The number of likely N-dealkylation sites (N-methyl/N-ethyl adjacent to an activating group) is 1. The highest BCUT2D eigenvalue weighted by Crippen LogP contribution is 2.32. The SMILES string of the molecule is CCN1CCN(CCCNC(=O)[C@@H](C)C2CCN(S(=O)(=O)c3ccc(Cl)s3)CC2)CC1. The minimum Gasteiger partial charge on any atom is -0.356 e. The fourth-order valence-corrected chi connectivity index (χ4v) is 7.50. The van der Waals surface area contributed by atoms with E-state index in [1.165, 1.54) is 4.31 Å². The maximum absolute atomic E-state index is 12.7. The molecule has 2 saturated heterocycles. The smallest absolute Gasteiger partial charge is 0.252 e. The van der Waals surface area contributed by atoms with Gasteiger partial charge in [0.1, 0.15) is 4.21 Å². The molecular weight excluding hydrogens is 456 g/mol. The van der Waals surface area contributed by atoms with Gasteiger partial charge in [-0.2, -0.15) is 4.31 Å². The number of piperidine rings is 1. The van der Waals surface area contributed by atoms with Gasteiger partial charge >= 0.3 is 0 Å². The van der Waals surface area contributed by atoms with Crippen LogP contribution in [0.5, 0.6) is 0 Å². The fraction of sp³-hybridized carbons (Fsp3) is 0.762. The maximum atomic E-state index is 12.7. The van der Waals surface area contributed by atoms with Gasteiger partial charge in [0, 0.05) is 51.7 Å². The third-order valence-electron chi connectivity index (χ3n) is 6.62. The molecule has 2 aliphatic heterocycles. The van der Waals surface area contributed by atoms with E-state index in [-0.39, 0.29) is 22.0 Å². The summed E-state index contributed by atoms with van der Waals surface area (Å²) in [5, 5.41) is 3.09. The second-order valence-corrected chi connectivity index (χ2v) is 12.4. The van der Waals surface area contributed by atoms with Crippen LogP contribution < -0.4 is 5.32 Å². The van der Waals surface area contributed by atoms with Crippen molar-refractivity contribution in [1.82, 2.24) is 19.4 Å². The number of carbonyl (C=O) groups excluding carboxylic acids is 1. The fourth-order valence-electron chi connectivity index (χ4n) is 4.40. The standard InChI is InChI=1S/C21H35ClN4O3S2/c1-3-24-13-15-25(16-14-24)10-4-9-23-21(27)17(2)18-7-11-26(12-8-18)31(28,29)20-6-5-19(22)30-20/h5-6,17-18H,3-4,7-16H2,1-2H3,(H,23,27)/t17-/m0/s1. The van der Waals surface area contributed by atoms with Gasteiger partial charge in [-0.15, -0.1) is 11.3 Å². The quantitative estimate of drug-likeness (QED) is 0.538. The molecule has 7 nitrogen and oxygen atoms in total. The van der Waals surface area contributed by atoms with Gasteiger partial charge in [0.05, 0.1) is 4.34 Å². The van der Waals surface area contributed by atoms with E-state index >= 15 is 0 Å². The van der Waals surface area contributed by atoms with E-state index < -0.39 is 10.0 Å². The topological polar surface area (TPSA) is 73.0 Å². The Morgan fingerprint density at radius 2 is 1.81 bits per heavy atom. The molecule has 2 fully saturated rings. The highest BCUT2D eigenvalue weighted by molar-refractivity contribution is 7.91. The normalized spacial score (nSPS) is 21.3. The molecule has 10 heteroatoms. The average Bonchev–Trinajstić information content (AvgIpc) is 3.23. The zero-order chi connectivity index (χ0) is 22.4. The summed E-state index contributed by atoms with van der Waals surface area (Å²) in [6.07, 6.45) is 2.37. The lowest BCUT2D eigenvalue weighted by Gasteiger charge is -2.34. The van der Waals surface area contributed by atoms with E-state index in [0.717, 1.165) is 57.0 Å². The van der Waals surface area contributed by atoms with Crippen LogP contribution in [-0.4, -0.2) is 87.3 Å². The number of piperazine rings is 1. The van der Waals surface area contributed by atoms with E-state index in [2.05, 4.69) is 22.0 Å². The molecule has 1 amide bonds. The van der Waals surface area contributed by atoms with Crippen molar-refractivity contribution < 1.29 is 13.2 Å². The van der Waals surface area contributed by atoms with Crippen LogP contribution >= 0.6 is 22.9 Å². The first-order valence-electron chi connectivity index (χ1n) is 11.3. The number of sulfonamides is 1. The van der Waals surface area contributed by atoms with Crippen molar-refractivity contribution >= 4 is 38.9 Å². The lowest BCUT2D eigenvalue weighted by molar-refractivity contribution is -0.126. The highest BCUT2D eigenvalue weighted by Gasteiger charge is 2.34. The number of carbonyl (C=O) groups is 1. The Morgan fingerprint density at radius 1 is 1.16 bits per heavy atom. The van der Waals surface area contributed by atoms with Crippen LogP contribution in [0.4, 0.5) is 0 Å². The van der Waals surface area contributed by atoms with Crippen molar-refractivity contribution in [1.29, 1.82) is 0 Å². The van der Waals surface area contributed by atoms with E-state index in [9.17, 15) is 13.2 Å². The molecule has 0 aliphatic carbocycles. The molecule has 3 rings (SSSR count). The summed E-state index contributed by atoms with van der Waals surface area (Å²) in [6, 6.07) is 3.18. The summed E-state index contributed by atoms with van der Waals surface area (Å²) >= 11 is 6.99. The molecular formula is C21H35ClN4O3S2. The van der Waals surface area contributed by atoms with Crippen LogP contribution in [0.2, 0.25) is 4.34 Å². The van der Waals surface area contributed by atoms with Gasteiger partial charge in [0.25, 0.3) is 10.0 Å². The van der Waals surface area contributed by atoms with E-state index in [4.69, 9.17) is 11.6 Å². The summed E-state index contributed by atoms with van der Waals surface area (Å²) < 4.78 is 27.8. The summed E-state index contributed by atoms with van der Waals surface area (Å²) in [6.45, 7) is 12.4. The highest BCUT2D eigenvalue weighted by atomic mass is 35.5. The monoisotopic (exact) mass is 490 g/mol. The van der Waals surface area contributed by atoms with Crippen LogP contribution in [-0.2, 0) is 14.8 Å². The van der Waals surface area contributed by atoms with Crippen molar-refractivity contribution in [3.8, 4) is 0 Å². The third-order valence-corrected chi connectivity index (χ3v) is 10.2. The molecule has 1 N–H and O–H groups in total. The molecule has 2 aliphatic rings. The van der Waals surface area contributed by atoms with Gasteiger partial charge in [0.15, 0.2) is 0 Å². The summed E-state index contributed by atoms with van der Waals surface area (Å²) in [4.78, 5) is 17.5. The average molecular weight is 491 g/mol. The predicted molar refractivity (Wildman–Crippen MR) is 126 cm³/mol. The maximum Gasteiger partial charge on any atom is 0.252 e. The Hall–Kier alpha value is -0.710. The Balaban J connectivity index is 1.36. The molecule has 1 aromatic rings. The zero-order valence-corrected chi connectivity index (χ0v) is 20.9. The number of amides is 1. The second kappa shape index (κ2) is 11.4. The van der Waals surface area contributed by atoms with Crippen LogP contribution in [0.1, 0.15) is 33.1 Å². The summed E-state index contributed by atoms with van der Waals surface area (Å²) in [5.74, 6) is 0.191. The molecule has 1 aromatic heterocycles. The Morgan fingerprint density at radius 3 is 2.39 bits per heavy atom. The van der Waals surface area contributed by atoms with Gasteiger partial charge in [0.2, 0.25) is 5.91 Å². The van der Waals surface area contributed by atoms with Crippen LogP contribution in [0.15, 0.2) is 16.3 Å². The van der Waals surface area contributed by atoms with Crippen molar-refractivity contribution in [2.24, 2.45) is 11.8 Å². The molecule has 3 heterocycles. The first-order chi connectivity index (χ1) is 14.8. The first-order valence-corrected chi connectivity index (χ1v) is 13.9. The van der Waals surface area contributed by atoms with Gasteiger partial charge in [-0.1, -0.05) is 25.4 Å². The molecule has 0 radical (unpaired) electrons. The molecule has 0 aromatic carbocycles. The minimum atomic E-state index is -3.48. The molecule has 176 valence electrons. The van der Waals surface area contributed by atoms with Gasteiger partial charge in [-0.05, 0) is 50.4 Å². The van der Waals surface area contributed by atoms with E-state index in [1.807, 2.05) is 6.92 Å². The van der Waals surface area contributed by atoms with Crippen molar-refractivity contribution in [3.63, 3.8) is 0 Å². The van der Waals surface area contributed by atoms with Gasteiger partial charge in [-0.3, -0.25) is 4.79 Å². The number of hydrogen-bond acceptors (Lipinski definition) is 6. The molecule has 1 atom stereocenters. The van der Waals surface area contributed by atoms with Crippen LogP contribution in [0.3, 0.4) is 0 Å². The Kier molecular flexibility index (Phi) is 9.19. The molecule has 0 bridgehead atoms. The Bertz CT molecular complexity index is 816. The number of nitrogens with one attached hydrogen (secondary N) is 1. The summed E-state index contributed by atoms with van der Waals surface area (Å²) in [7, 11) is -3.48. The first kappa shape index (κ1) is 24.9. The number of halogens is 1. The van der Waals surface area contributed by atoms with Crippen molar-refractivity contribution in [3.05, 3.63) is 16.5 Å². The largest absolute Gasteiger partial charge is 0.356 e. The van der Waals surface area contributed by atoms with Gasteiger partial charge in [-0.25, -0.2) is 8.42 Å². The number of rotatable bonds is 9. The Labute approximate surface area is 195 Å². The number of thiophene rings is 1. The predicted octanol–water partition coefficient (Wildman–Crippen LogP) is 2.58. The van der Waals surface area contributed by atoms with E-state index in [0.29, 0.717) is 36.8 Å². The third kappa shape index (κ3) is 6.65.